The monoisotopic (exact) mass is 445 g/mol. The Labute approximate surface area is 90.4 Å². The Bertz CT molecular complexity index is 11.6. The van der Waals surface area contributed by atoms with Crippen molar-refractivity contribution in [2.24, 2.45) is 0 Å². The third kappa shape index (κ3) is 19.8. The quantitative estimate of drug-likeness (QED) is 0.411. The number of hydrogen-bond acceptors (Lipinski definition) is 0. The van der Waals surface area contributed by atoms with Crippen LogP contribution in [0, 0.1) is 0 Å². The van der Waals surface area contributed by atoms with Crippen molar-refractivity contribution in [3.8, 4) is 0 Å². The molecule has 0 bridgehead atoms. The van der Waals surface area contributed by atoms with Gasteiger partial charge in [-0.15, -0.1) is 0 Å². The van der Waals surface area contributed by atoms with Gasteiger partial charge in [0, 0.05) is 72.0 Å². The molecule has 0 N–H and O–H groups in total. The second-order valence-corrected chi connectivity index (χ2v) is 0. The Balaban J connectivity index is 0. The zero-order valence-electron chi connectivity index (χ0n) is 1.30. The van der Waals surface area contributed by atoms with Crippen molar-refractivity contribution < 1.29 is 72.0 Å². The molecule has 0 spiro atoms. The molecule has 5 heteroatoms. The average Bonchev–Trinajstić information content (AvgIpc) is 0. The maximum Gasteiger partial charge on any atom is 0 e. The molecule has 0 heterocycles. The van der Waals surface area contributed by atoms with Gasteiger partial charge in [-0.05, 0) is 0 Å². The van der Waals surface area contributed by atoms with E-state index in [1.165, 1.54) is 0 Å². The molecule has 0 aromatic heterocycles. The van der Waals surface area contributed by atoms with Gasteiger partial charge < -0.3 is 0 Å². The fourth-order valence-electron chi connectivity index (χ4n) is 0. The fourth-order valence-corrected chi connectivity index (χ4v) is 0. The summed E-state index contributed by atoms with van der Waals surface area (Å²) in [4.78, 5) is 0. The first kappa shape index (κ1) is 45.1. The van der Waals surface area contributed by atoms with Crippen LogP contribution in [0.15, 0.2) is 0 Å². The van der Waals surface area contributed by atoms with Crippen LogP contribution < -0.4 is 0 Å². The van der Waals surface area contributed by atoms with Crippen LogP contribution in [0.1, 0.15) is 0 Å². The molecule has 2 radical (unpaired) electrons. The molecule has 0 fully saturated rings. The summed E-state index contributed by atoms with van der Waals surface area (Å²) >= 11 is 0. The standard InChI is InChI=1S/Co.Cu.Fe.Ga.Pt.3H. The van der Waals surface area contributed by atoms with Crippen molar-refractivity contribution in [3.05, 3.63) is 0 Å². The van der Waals surface area contributed by atoms with Crippen LogP contribution in [0.25, 0.3) is 0 Å². The first-order chi connectivity index (χ1) is 0. The summed E-state index contributed by atoms with van der Waals surface area (Å²) in [5, 5.41) is 0. The van der Waals surface area contributed by atoms with E-state index in [1.807, 2.05) is 0 Å². The van der Waals surface area contributed by atoms with Gasteiger partial charge in [0.25, 0.3) is 0 Å². The van der Waals surface area contributed by atoms with Crippen molar-refractivity contribution in [2.75, 3.05) is 0 Å². The summed E-state index contributed by atoms with van der Waals surface area (Å²) in [7, 11) is 0. The largest absolute Gasteiger partial charge is 0 e. The summed E-state index contributed by atoms with van der Waals surface area (Å²) in [6.07, 6.45) is 0. The van der Waals surface area contributed by atoms with Crippen molar-refractivity contribution in [1.82, 2.24) is 0 Å². The van der Waals surface area contributed by atoms with E-state index < -0.39 is 0 Å². The molecule has 0 saturated carbocycles. The summed E-state index contributed by atoms with van der Waals surface area (Å²) < 4.78 is 0. The number of rotatable bonds is 0. The van der Waals surface area contributed by atoms with Gasteiger partial charge in [-0.3, -0.25) is 0 Å². The van der Waals surface area contributed by atoms with Crippen LogP contribution in [0.4, 0.5) is 0 Å². The molecule has 0 aliphatic heterocycles. The molecular weight excluding hydrogens is 443 g/mol. The van der Waals surface area contributed by atoms with E-state index in [4.69, 9.17) is 0 Å². The second-order valence-electron chi connectivity index (χ2n) is 0. The molecule has 0 unspecified atom stereocenters. The van der Waals surface area contributed by atoms with Gasteiger partial charge >= 0.3 is 19.8 Å². The summed E-state index contributed by atoms with van der Waals surface area (Å²) in [6.45, 7) is 0. The maximum atomic E-state index is 0. The molecule has 0 aromatic carbocycles. The van der Waals surface area contributed by atoms with Crippen molar-refractivity contribution in [3.63, 3.8) is 0 Å². The molecule has 0 aliphatic rings. The summed E-state index contributed by atoms with van der Waals surface area (Å²) in [6, 6.07) is 0. The van der Waals surface area contributed by atoms with Crippen LogP contribution in [-0.4, -0.2) is 19.8 Å². The van der Waals surface area contributed by atoms with Gasteiger partial charge in [-0.2, -0.15) is 0 Å². The normalized spacial score (nSPS) is 0. The topological polar surface area (TPSA) is 0 Å². The zero-order valence-corrected chi connectivity index (χ0v) is 6.66. The Kier molecular flexibility index (Phi) is 259. The summed E-state index contributed by atoms with van der Waals surface area (Å²) in [5.41, 5.74) is 0. The van der Waals surface area contributed by atoms with E-state index in [9.17, 15) is 0 Å². The number of hydrogen-bond donors (Lipinski definition) is 0. The Morgan fingerprint density at radius 2 is 1.00 bits per heavy atom. The van der Waals surface area contributed by atoms with Gasteiger partial charge in [0.05, 0.1) is 0 Å². The van der Waals surface area contributed by atoms with Gasteiger partial charge in [0.1, 0.15) is 0 Å². The third-order valence-electron chi connectivity index (χ3n) is 0. The van der Waals surface area contributed by atoms with Crippen LogP contribution in [0.3, 0.4) is 0 Å². The molecule has 0 amide bonds. The van der Waals surface area contributed by atoms with Crippen LogP contribution in [0.5, 0.6) is 0 Å². The Morgan fingerprint density at radius 3 is 1.00 bits per heavy atom. The van der Waals surface area contributed by atoms with Crippen LogP contribution in [0.2, 0.25) is 0 Å². The SMILES string of the molecule is [Co].[Cu].[Fe].[GaH3].[Pt]. The van der Waals surface area contributed by atoms with Crippen LogP contribution >= 0.6 is 0 Å². The zero-order chi connectivity index (χ0) is 0. The predicted molar refractivity (Wildman–Crippen MR) is 9.94 cm³/mol. The molecule has 0 atom stereocenters. The second kappa shape index (κ2) is 28.7. The van der Waals surface area contributed by atoms with Crippen molar-refractivity contribution in [2.45, 2.75) is 0 Å². The fraction of sp³-hybridized carbons (Fsp3) is 0. The van der Waals surface area contributed by atoms with Crippen molar-refractivity contribution >= 4 is 19.8 Å². The third-order valence-corrected chi connectivity index (χ3v) is 0. The predicted octanol–water partition coefficient (Wildman–Crippen LogP) is -1.19. The molecule has 44 valence electrons. The Hall–Kier alpha value is 2.87. The van der Waals surface area contributed by atoms with E-state index >= 15 is 0 Å². The molecule has 5 heavy (non-hydrogen) atoms. The minimum Gasteiger partial charge on any atom is 0 e. The molecule has 0 aromatic rings. The van der Waals surface area contributed by atoms with Gasteiger partial charge in [-0.25, -0.2) is 0 Å². The first-order valence-electron chi connectivity index (χ1n) is 0. The molecular formula is H3CoCuFeGaPt. The van der Waals surface area contributed by atoms with Gasteiger partial charge in [-0.1, -0.05) is 0 Å². The van der Waals surface area contributed by atoms with Gasteiger partial charge in [0.15, 0.2) is 0 Å². The summed E-state index contributed by atoms with van der Waals surface area (Å²) in [5.74, 6) is 0. The first-order valence-corrected chi connectivity index (χ1v) is 0. The van der Waals surface area contributed by atoms with Crippen molar-refractivity contribution in [1.29, 1.82) is 0 Å². The molecule has 0 saturated heterocycles. The molecule has 0 aliphatic carbocycles. The Morgan fingerprint density at radius 1 is 1.00 bits per heavy atom. The molecule has 0 rings (SSSR count). The minimum atomic E-state index is 0. The molecule has 0 nitrogen and oxygen atoms in total. The van der Waals surface area contributed by atoms with Crippen LogP contribution in [-0.2, 0) is 72.0 Å². The van der Waals surface area contributed by atoms with E-state index in [0.29, 0.717) is 0 Å². The van der Waals surface area contributed by atoms with E-state index in [0.717, 1.165) is 0 Å². The van der Waals surface area contributed by atoms with E-state index in [1.54, 1.807) is 0 Å². The van der Waals surface area contributed by atoms with Gasteiger partial charge in [0.2, 0.25) is 0 Å². The average molecular weight is 446 g/mol. The minimum absolute atomic E-state index is 0. The maximum absolute atomic E-state index is 0. The van der Waals surface area contributed by atoms with E-state index in [2.05, 4.69) is 0 Å². The smallest absolute Gasteiger partial charge is 0 e. The van der Waals surface area contributed by atoms with E-state index in [-0.39, 0.29) is 91.8 Å².